The Kier molecular flexibility index (Phi) is 4.97. The maximum absolute atomic E-state index is 11.9. The van der Waals surface area contributed by atoms with Gasteiger partial charge in [0.05, 0.1) is 11.3 Å². The number of carboxylic acid groups (broad SMARTS) is 2. The van der Waals surface area contributed by atoms with Gasteiger partial charge in [-0.15, -0.1) is 0 Å². The lowest BCUT2D eigenvalue weighted by atomic mass is 10.1. The molecule has 0 aliphatic carbocycles. The van der Waals surface area contributed by atoms with Crippen molar-refractivity contribution in [2.45, 2.75) is 9.89 Å². The number of hydrogen-bond donors (Lipinski definition) is 3. The average molecular weight is 384 g/mol. The Balaban J connectivity index is 2.07. The highest BCUT2D eigenvalue weighted by molar-refractivity contribution is 8.01. The normalized spacial score (nSPS) is 24.6. The number of benzene rings is 1. The maximum Gasteiger partial charge on any atom is 0.336 e. The summed E-state index contributed by atoms with van der Waals surface area (Å²) in [4.78, 5) is 26.9. The number of nitrogens with zero attached hydrogens (tertiary/aromatic N) is 2. The second kappa shape index (κ2) is 6.87. The second-order valence-corrected chi connectivity index (χ2v) is 7.67. The van der Waals surface area contributed by atoms with Crippen LogP contribution >= 0.6 is 23.4 Å². The van der Waals surface area contributed by atoms with E-state index in [2.05, 4.69) is 10.2 Å². The lowest BCUT2D eigenvalue weighted by molar-refractivity contribution is -0.135. The van der Waals surface area contributed by atoms with Gasteiger partial charge in [0.15, 0.2) is 4.99 Å². The average Bonchev–Trinajstić information content (AvgIpc) is 2.92. The highest BCUT2D eigenvalue weighted by Gasteiger charge is 2.50. The fourth-order valence-corrected chi connectivity index (χ4v) is 4.74. The summed E-state index contributed by atoms with van der Waals surface area (Å²) in [6.45, 7) is 2.76. The minimum atomic E-state index is -1.29. The summed E-state index contributed by atoms with van der Waals surface area (Å²) in [5, 5.41) is 22.7. The van der Waals surface area contributed by atoms with Crippen molar-refractivity contribution >= 4 is 41.0 Å². The molecule has 134 valence electrons. The molecule has 25 heavy (non-hydrogen) atoms. The molecule has 1 unspecified atom stereocenters. The van der Waals surface area contributed by atoms with E-state index in [1.165, 1.54) is 11.8 Å². The molecule has 1 atom stereocenters. The van der Waals surface area contributed by atoms with E-state index in [9.17, 15) is 19.8 Å². The molecule has 0 bridgehead atoms. The third kappa shape index (κ3) is 3.48. The van der Waals surface area contributed by atoms with Crippen LogP contribution in [0.5, 0.6) is 0 Å². The van der Waals surface area contributed by atoms with Crippen molar-refractivity contribution in [2.24, 2.45) is 0 Å². The predicted octanol–water partition coefficient (Wildman–Crippen LogP) is 1.85. The fourth-order valence-electron chi connectivity index (χ4n) is 3.04. The Bertz CT molecular complexity index is 749. The maximum atomic E-state index is 11.9. The van der Waals surface area contributed by atoms with Crippen molar-refractivity contribution in [1.82, 2.24) is 9.80 Å². The first kappa shape index (κ1) is 18.1. The first-order valence-corrected chi connectivity index (χ1v) is 8.90. The van der Waals surface area contributed by atoms with Crippen molar-refractivity contribution in [3.8, 4) is 0 Å². The Morgan fingerprint density at radius 1 is 1.28 bits per heavy atom. The Morgan fingerprint density at radius 3 is 2.56 bits per heavy atom. The van der Waals surface area contributed by atoms with E-state index in [4.69, 9.17) is 11.6 Å². The molecule has 3 rings (SSSR count). The first-order valence-electron chi connectivity index (χ1n) is 7.70. The van der Waals surface area contributed by atoms with Gasteiger partial charge in [0.25, 0.3) is 0 Å². The molecule has 9 heteroatoms. The monoisotopic (exact) mass is 383 g/mol. The summed E-state index contributed by atoms with van der Waals surface area (Å²) in [7, 11) is 2.00. The van der Waals surface area contributed by atoms with Crippen LogP contribution in [0.4, 0.5) is 5.69 Å². The standard InChI is InChI=1S/C16H18ClN3O4S/c1-19-4-6-20(7-5-19)16(11(15(23)24)9-14(21)22)18-12-3-2-10(17)8-13(12)25-16/h2-3,8-9,18H,4-7H2,1H3,(H,21,22)(H,23,24)/b11-9-. The van der Waals surface area contributed by atoms with Crippen LogP contribution in [0.2, 0.25) is 5.02 Å². The summed E-state index contributed by atoms with van der Waals surface area (Å²) < 4.78 is 0. The minimum Gasteiger partial charge on any atom is -0.478 e. The van der Waals surface area contributed by atoms with E-state index in [1.807, 2.05) is 11.9 Å². The van der Waals surface area contributed by atoms with Crippen LogP contribution in [-0.4, -0.2) is 70.2 Å². The van der Waals surface area contributed by atoms with Crippen LogP contribution in [0.15, 0.2) is 34.7 Å². The zero-order valence-electron chi connectivity index (χ0n) is 13.5. The van der Waals surface area contributed by atoms with Gasteiger partial charge in [-0.05, 0) is 25.2 Å². The molecule has 1 aromatic rings. The molecule has 0 spiro atoms. The predicted molar refractivity (Wildman–Crippen MR) is 96.1 cm³/mol. The van der Waals surface area contributed by atoms with Crippen molar-refractivity contribution in [1.29, 1.82) is 0 Å². The molecule has 0 amide bonds. The van der Waals surface area contributed by atoms with Gasteiger partial charge < -0.3 is 20.4 Å². The summed E-state index contributed by atoms with van der Waals surface area (Å²) in [6.07, 6.45) is 0.772. The van der Waals surface area contributed by atoms with Gasteiger partial charge in [0.1, 0.15) is 0 Å². The number of hydrogen-bond acceptors (Lipinski definition) is 6. The molecule has 0 radical (unpaired) electrons. The number of thioether (sulfide) groups is 1. The lowest BCUT2D eigenvalue weighted by Gasteiger charge is -2.44. The molecule has 7 nitrogen and oxygen atoms in total. The Hall–Kier alpha value is -1.74. The number of aliphatic carboxylic acids is 2. The van der Waals surface area contributed by atoms with Crippen LogP contribution in [0.1, 0.15) is 0 Å². The van der Waals surface area contributed by atoms with Crippen LogP contribution < -0.4 is 5.32 Å². The fraction of sp³-hybridized carbons (Fsp3) is 0.375. The van der Waals surface area contributed by atoms with E-state index >= 15 is 0 Å². The molecule has 2 aliphatic heterocycles. The zero-order valence-corrected chi connectivity index (χ0v) is 15.1. The summed E-state index contributed by atoms with van der Waals surface area (Å²) in [5.74, 6) is -2.55. The van der Waals surface area contributed by atoms with Crippen molar-refractivity contribution in [2.75, 3.05) is 38.5 Å². The molecule has 3 N–H and O–H groups in total. The highest BCUT2D eigenvalue weighted by atomic mass is 35.5. The van der Waals surface area contributed by atoms with Crippen LogP contribution in [0.3, 0.4) is 0 Å². The van der Waals surface area contributed by atoms with Crippen LogP contribution in [-0.2, 0) is 9.59 Å². The number of carbonyl (C=O) groups is 2. The van der Waals surface area contributed by atoms with Crippen molar-refractivity contribution in [3.05, 3.63) is 34.9 Å². The molecule has 0 saturated carbocycles. The smallest absolute Gasteiger partial charge is 0.336 e. The van der Waals surface area contributed by atoms with Gasteiger partial charge in [-0.25, -0.2) is 9.59 Å². The third-order valence-electron chi connectivity index (χ3n) is 4.32. The summed E-state index contributed by atoms with van der Waals surface area (Å²) in [6, 6.07) is 5.25. The topological polar surface area (TPSA) is 93.1 Å². The van der Waals surface area contributed by atoms with E-state index in [-0.39, 0.29) is 5.57 Å². The molecule has 2 heterocycles. The van der Waals surface area contributed by atoms with E-state index in [0.29, 0.717) is 18.1 Å². The van der Waals surface area contributed by atoms with Gasteiger partial charge in [0.2, 0.25) is 0 Å². The highest BCUT2D eigenvalue weighted by Crippen LogP contribution is 2.51. The van der Waals surface area contributed by atoms with Crippen LogP contribution in [0.25, 0.3) is 0 Å². The molecule has 1 fully saturated rings. The number of likely N-dealkylation sites (N-methyl/N-ethyl adjacent to an activating group) is 1. The molecule has 0 aromatic heterocycles. The second-order valence-electron chi connectivity index (χ2n) is 6.00. The zero-order chi connectivity index (χ0) is 18.2. The summed E-state index contributed by atoms with van der Waals surface area (Å²) in [5.41, 5.74) is 0.535. The summed E-state index contributed by atoms with van der Waals surface area (Å²) >= 11 is 7.34. The number of rotatable bonds is 4. The van der Waals surface area contributed by atoms with E-state index < -0.39 is 16.9 Å². The Morgan fingerprint density at radius 2 is 1.96 bits per heavy atom. The van der Waals surface area contributed by atoms with Crippen LogP contribution in [0, 0.1) is 0 Å². The number of fused-ring (bicyclic) bond motifs is 1. The quantitative estimate of drug-likeness (QED) is 0.678. The largest absolute Gasteiger partial charge is 0.478 e. The van der Waals surface area contributed by atoms with Gasteiger partial charge >= 0.3 is 11.9 Å². The number of nitrogens with one attached hydrogen (secondary N) is 1. The van der Waals surface area contributed by atoms with Gasteiger partial charge in [-0.3, -0.25) is 4.90 Å². The van der Waals surface area contributed by atoms with E-state index in [0.717, 1.165) is 29.7 Å². The molecular weight excluding hydrogens is 366 g/mol. The minimum absolute atomic E-state index is 0.207. The SMILES string of the molecule is CN1CCN(C2(/C(=C\C(=O)O)C(=O)O)Nc3ccc(Cl)cc3S2)CC1. The van der Waals surface area contributed by atoms with Crippen molar-refractivity contribution < 1.29 is 19.8 Å². The molecule has 1 aromatic carbocycles. The number of carboxylic acids is 2. The first-order chi connectivity index (χ1) is 11.8. The molecule has 1 saturated heterocycles. The molecular formula is C16H18ClN3O4S. The van der Waals surface area contributed by atoms with Gasteiger partial charge in [0, 0.05) is 42.2 Å². The van der Waals surface area contributed by atoms with Gasteiger partial charge in [-0.1, -0.05) is 23.4 Å². The lowest BCUT2D eigenvalue weighted by Crippen LogP contribution is -2.59. The Labute approximate surface area is 154 Å². The number of piperazine rings is 1. The third-order valence-corrected chi connectivity index (χ3v) is 5.99. The van der Waals surface area contributed by atoms with Crippen molar-refractivity contribution in [3.63, 3.8) is 0 Å². The number of halogens is 1. The number of anilines is 1. The van der Waals surface area contributed by atoms with Gasteiger partial charge in [-0.2, -0.15) is 0 Å². The van der Waals surface area contributed by atoms with E-state index in [1.54, 1.807) is 18.2 Å². The molecule has 2 aliphatic rings.